The highest BCUT2D eigenvalue weighted by molar-refractivity contribution is 5.94. The van der Waals surface area contributed by atoms with Gasteiger partial charge in [-0.25, -0.2) is 5.43 Å². The molecule has 0 radical (unpaired) electrons. The molecule has 19 heavy (non-hydrogen) atoms. The van der Waals surface area contributed by atoms with Gasteiger partial charge in [0.15, 0.2) is 0 Å². The van der Waals surface area contributed by atoms with Crippen LogP contribution < -0.4 is 5.43 Å². The zero-order valence-corrected chi connectivity index (χ0v) is 11.3. The summed E-state index contributed by atoms with van der Waals surface area (Å²) in [6, 6.07) is 1.96. The molecule has 0 spiro atoms. The minimum absolute atomic E-state index is 0.117. The maximum Gasteiger partial charge on any atom is 0.261 e. The van der Waals surface area contributed by atoms with Crippen molar-refractivity contribution in [2.45, 2.75) is 33.2 Å². The Labute approximate surface area is 112 Å². The summed E-state index contributed by atoms with van der Waals surface area (Å²) in [7, 11) is 0. The van der Waals surface area contributed by atoms with Crippen LogP contribution in [-0.2, 0) is 11.3 Å². The van der Waals surface area contributed by atoms with E-state index in [4.69, 9.17) is 0 Å². The van der Waals surface area contributed by atoms with Crippen LogP contribution in [0, 0.1) is 25.7 Å². The highest BCUT2D eigenvalue weighted by Gasteiger charge is 2.37. The Kier molecular flexibility index (Phi) is 2.97. The molecule has 0 saturated heterocycles. The third-order valence-corrected chi connectivity index (χ3v) is 3.88. The maximum atomic E-state index is 11.8. The lowest BCUT2D eigenvalue weighted by Gasteiger charge is -2.31. The molecular formula is C14H18N4O. The van der Waals surface area contributed by atoms with E-state index in [2.05, 4.69) is 27.8 Å². The number of allylic oxidation sites excluding steroid dienone is 2. The Morgan fingerprint density at radius 3 is 3.11 bits per heavy atom. The number of aromatic nitrogens is 2. The molecule has 1 heterocycles. The number of aryl methyl sites for hydroxylation is 2. The molecule has 2 atom stereocenters. The number of rotatable bonds is 3. The summed E-state index contributed by atoms with van der Waals surface area (Å²) in [6.07, 6.45) is 6.51. The monoisotopic (exact) mass is 258 g/mol. The zero-order chi connectivity index (χ0) is 13.4. The first kappa shape index (κ1) is 12.1. The predicted molar refractivity (Wildman–Crippen MR) is 72.6 cm³/mol. The second-order valence-corrected chi connectivity index (χ2v) is 5.36. The van der Waals surface area contributed by atoms with E-state index in [0.29, 0.717) is 11.8 Å². The van der Waals surface area contributed by atoms with E-state index in [0.717, 1.165) is 29.9 Å². The van der Waals surface area contributed by atoms with Crippen molar-refractivity contribution in [3.8, 4) is 0 Å². The van der Waals surface area contributed by atoms with Crippen LogP contribution in [0.2, 0.25) is 0 Å². The number of hydrogen-bond donors (Lipinski definition) is 1. The molecule has 1 amide bonds. The summed E-state index contributed by atoms with van der Waals surface area (Å²) in [5, 5.41) is 8.50. The summed E-state index contributed by atoms with van der Waals surface area (Å²) < 4.78 is 1.70. The Morgan fingerprint density at radius 2 is 2.42 bits per heavy atom. The third kappa shape index (κ3) is 2.32. The summed E-state index contributed by atoms with van der Waals surface area (Å²) in [4.78, 5) is 11.8. The molecule has 1 aromatic rings. The van der Waals surface area contributed by atoms with Gasteiger partial charge in [0.2, 0.25) is 0 Å². The highest BCUT2D eigenvalue weighted by atomic mass is 16.2. The van der Waals surface area contributed by atoms with Gasteiger partial charge in [0.1, 0.15) is 6.54 Å². The second-order valence-electron chi connectivity index (χ2n) is 5.36. The molecule has 2 aliphatic carbocycles. The standard InChI is InChI=1S/C14H18N4O/c1-9-6-10(2)18(17-9)8-14(19)16-15-13-7-11-4-3-5-12(11)13/h3-4,6,11-12H,5,7-8H2,1-2H3,(H,16,19)/b15-13-/t11-,12+/m0/s1. The molecule has 0 aromatic carbocycles. The molecule has 1 saturated carbocycles. The van der Waals surface area contributed by atoms with Crippen LogP contribution >= 0.6 is 0 Å². The first-order valence-corrected chi connectivity index (χ1v) is 6.66. The molecule has 0 bridgehead atoms. The largest absolute Gasteiger partial charge is 0.271 e. The number of nitrogens with zero attached hydrogens (tertiary/aromatic N) is 3. The van der Waals surface area contributed by atoms with E-state index >= 15 is 0 Å². The number of amides is 1. The SMILES string of the molecule is Cc1cc(C)n(CC(=O)N/N=C2/C[C@@H]3C=CC[C@@H]23)n1. The van der Waals surface area contributed by atoms with Crippen molar-refractivity contribution in [2.24, 2.45) is 16.9 Å². The quantitative estimate of drug-likeness (QED) is 0.661. The lowest BCUT2D eigenvalue weighted by Crippen LogP contribution is -2.36. The summed E-state index contributed by atoms with van der Waals surface area (Å²) in [6.45, 7) is 4.09. The van der Waals surface area contributed by atoms with Gasteiger partial charge in [-0.2, -0.15) is 10.2 Å². The lowest BCUT2D eigenvalue weighted by atomic mass is 9.74. The van der Waals surface area contributed by atoms with Crippen molar-refractivity contribution in [2.75, 3.05) is 0 Å². The van der Waals surface area contributed by atoms with Crippen LogP contribution in [0.25, 0.3) is 0 Å². The number of carbonyl (C=O) groups is 1. The number of nitrogens with one attached hydrogen (secondary N) is 1. The van der Waals surface area contributed by atoms with Gasteiger partial charge >= 0.3 is 0 Å². The third-order valence-electron chi connectivity index (χ3n) is 3.88. The van der Waals surface area contributed by atoms with Crippen molar-refractivity contribution in [1.82, 2.24) is 15.2 Å². The number of hydrogen-bond acceptors (Lipinski definition) is 3. The average molecular weight is 258 g/mol. The Bertz CT molecular complexity index is 570. The topological polar surface area (TPSA) is 59.3 Å². The van der Waals surface area contributed by atoms with Crippen LogP contribution in [0.1, 0.15) is 24.2 Å². The van der Waals surface area contributed by atoms with E-state index < -0.39 is 0 Å². The molecule has 3 rings (SSSR count). The van der Waals surface area contributed by atoms with Gasteiger partial charge in [-0.1, -0.05) is 12.2 Å². The van der Waals surface area contributed by atoms with Crippen LogP contribution in [-0.4, -0.2) is 21.4 Å². The van der Waals surface area contributed by atoms with Crippen LogP contribution in [0.15, 0.2) is 23.3 Å². The molecule has 1 fully saturated rings. The van der Waals surface area contributed by atoms with Gasteiger partial charge in [-0.3, -0.25) is 9.48 Å². The predicted octanol–water partition coefficient (Wildman–Crippen LogP) is 1.57. The van der Waals surface area contributed by atoms with Gasteiger partial charge in [0.25, 0.3) is 5.91 Å². The molecule has 5 nitrogen and oxygen atoms in total. The zero-order valence-electron chi connectivity index (χ0n) is 11.3. The minimum atomic E-state index is -0.117. The van der Waals surface area contributed by atoms with Crippen LogP contribution in [0.4, 0.5) is 0 Å². The Balaban J connectivity index is 1.55. The van der Waals surface area contributed by atoms with Crippen molar-refractivity contribution in [1.29, 1.82) is 0 Å². The van der Waals surface area contributed by atoms with Gasteiger partial charge in [-0.15, -0.1) is 0 Å². The summed E-state index contributed by atoms with van der Waals surface area (Å²) in [5.41, 5.74) is 5.68. The normalized spacial score (nSPS) is 26.3. The second kappa shape index (κ2) is 4.64. The van der Waals surface area contributed by atoms with Crippen molar-refractivity contribution >= 4 is 11.6 Å². The van der Waals surface area contributed by atoms with Gasteiger partial charge in [0.05, 0.1) is 5.69 Å². The van der Waals surface area contributed by atoms with E-state index in [1.807, 2.05) is 19.9 Å². The molecule has 0 unspecified atom stereocenters. The van der Waals surface area contributed by atoms with Crippen LogP contribution in [0.5, 0.6) is 0 Å². The lowest BCUT2D eigenvalue weighted by molar-refractivity contribution is -0.121. The summed E-state index contributed by atoms with van der Waals surface area (Å²) >= 11 is 0. The first-order valence-electron chi connectivity index (χ1n) is 6.66. The molecule has 0 aliphatic heterocycles. The van der Waals surface area contributed by atoms with E-state index in [9.17, 15) is 4.79 Å². The van der Waals surface area contributed by atoms with Gasteiger partial charge in [-0.05, 0) is 38.7 Å². The minimum Gasteiger partial charge on any atom is -0.271 e. The van der Waals surface area contributed by atoms with E-state index in [1.54, 1.807) is 4.68 Å². The van der Waals surface area contributed by atoms with Gasteiger partial charge < -0.3 is 0 Å². The fraction of sp³-hybridized carbons (Fsp3) is 0.500. The molecular weight excluding hydrogens is 240 g/mol. The first-order chi connectivity index (χ1) is 9.13. The van der Waals surface area contributed by atoms with E-state index in [1.165, 1.54) is 0 Å². The molecule has 5 heteroatoms. The van der Waals surface area contributed by atoms with Crippen molar-refractivity contribution in [3.05, 3.63) is 29.6 Å². The molecule has 2 aliphatic rings. The fourth-order valence-electron chi connectivity index (χ4n) is 2.80. The molecule has 100 valence electrons. The summed E-state index contributed by atoms with van der Waals surface area (Å²) in [5.74, 6) is 1.08. The average Bonchev–Trinajstić information content (AvgIpc) is 2.83. The maximum absolute atomic E-state index is 11.8. The molecule has 1 aromatic heterocycles. The van der Waals surface area contributed by atoms with E-state index in [-0.39, 0.29) is 12.5 Å². The Morgan fingerprint density at radius 1 is 1.58 bits per heavy atom. The van der Waals surface area contributed by atoms with Crippen LogP contribution in [0.3, 0.4) is 0 Å². The Hall–Kier alpha value is -1.91. The highest BCUT2D eigenvalue weighted by Crippen LogP contribution is 2.39. The number of fused-ring (bicyclic) bond motifs is 1. The smallest absolute Gasteiger partial charge is 0.261 e. The van der Waals surface area contributed by atoms with Crippen molar-refractivity contribution < 1.29 is 4.79 Å². The fourth-order valence-corrected chi connectivity index (χ4v) is 2.80. The molecule has 1 N–H and O–H groups in total. The number of hydrazone groups is 1. The van der Waals surface area contributed by atoms with Gasteiger partial charge in [0, 0.05) is 17.3 Å². The van der Waals surface area contributed by atoms with Crippen molar-refractivity contribution in [3.63, 3.8) is 0 Å². The number of carbonyl (C=O) groups excluding carboxylic acids is 1.